The van der Waals surface area contributed by atoms with Crippen LogP contribution in [-0.4, -0.2) is 30.9 Å². The lowest BCUT2D eigenvalue weighted by Gasteiger charge is -2.12. The third-order valence-electron chi connectivity index (χ3n) is 8.81. The normalized spacial score (nSPS) is 11.9. The van der Waals surface area contributed by atoms with Gasteiger partial charge in [0, 0.05) is 12.8 Å². The van der Waals surface area contributed by atoms with Crippen LogP contribution in [-0.2, 0) is 23.9 Å². The molecular weight excluding hydrogens is 548 g/mol. The van der Waals surface area contributed by atoms with Crippen LogP contribution < -0.4 is 0 Å². The summed E-state index contributed by atoms with van der Waals surface area (Å²) in [4.78, 5) is 35.4. The predicted molar refractivity (Wildman–Crippen MR) is 186 cm³/mol. The molecule has 0 heterocycles. The number of hydrogen-bond acceptors (Lipinski definition) is 5. The Morgan fingerprint density at radius 3 is 1.00 bits per heavy atom. The maximum Gasteiger partial charge on any atom is 0.306 e. The number of carbonyl (C=O) groups is 3. The van der Waals surface area contributed by atoms with Crippen molar-refractivity contribution in [2.75, 3.05) is 6.61 Å². The summed E-state index contributed by atoms with van der Waals surface area (Å²) < 4.78 is 10.4. The molecule has 0 radical (unpaired) electrons. The second-order valence-electron chi connectivity index (χ2n) is 13.2. The van der Waals surface area contributed by atoms with E-state index in [-0.39, 0.29) is 18.5 Å². The highest BCUT2D eigenvalue weighted by atomic mass is 16.6. The van der Waals surface area contributed by atoms with Crippen LogP contribution in [0.25, 0.3) is 0 Å². The SMILES string of the molecule is CCCCCCCCCCCCCCCCCC(=O)OCC(C=O)OC(=O)CCCCCCCCCCCCCCCCC. The maximum absolute atomic E-state index is 12.1. The van der Waals surface area contributed by atoms with E-state index in [9.17, 15) is 14.4 Å². The van der Waals surface area contributed by atoms with E-state index in [1.807, 2.05) is 0 Å². The molecule has 5 nitrogen and oxygen atoms in total. The van der Waals surface area contributed by atoms with Crippen molar-refractivity contribution in [3.05, 3.63) is 0 Å². The molecule has 44 heavy (non-hydrogen) atoms. The molecule has 0 bridgehead atoms. The number of carbonyl (C=O) groups excluding carboxylic acids is 3. The molecule has 0 rings (SSSR count). The molecule has 0 spiro atoms. The summed E-state index contributed by atoms with van der Waals surface area (Å²) in [6.07, 6.45) is 38.7. The Hall–Kier alpha value is -1.39. The van der Waals surface area contributed by atoms with E-state index in [4.69, 9.17) is 9.47 Å². The van der Waals surface area contributed by atoms with Gasteiger partial charge >= 0.3 is 11.9 Å². The molecule has 1 unspecified atom stereocenters. The van der Waals surface area contributed by atoms with Crippen LogP contribution in [0.5, 0.6) is 0 Å². The molecule has 0 saturated carbocycles. The average Bonchev–Trinajstić information content (AvgIpc) is 3.02. The molecule has 0 aromatic carbocycles. The van der Waals surface area contributed by atoms with Crippen molar-refractivity contribution in [2.45, 2.75) is 225 Å². The summed E-state index contributed by atoms with van der Waals surface area (Å²) in [7, 11) is 0. The van der Waals surface area contributed by atoms with Crippen molar-refractivity contribution in [3.8, 4) is 0 Å². The minimum atomic E-state index is -0.996. The van der Waals surface area contributed by atoms with E-state index < -0.39 is 6.10 Å². The Morgan fingerprint density at radius 1 is 0.432 bits per heavy atom. The average molecular weight is 623 g/mol. The number of esters is 2. The first-order valence-electron chi connectivity index (χ1n) is 19.4. The Labute approximate surface area is 273 Å². The van der Waals surface area contributed by atoms with E-state index >= 15 is 0 Å². The molecule has 0 aliphatic heterocycles. The fourth-order valence-corrected chi connectivity index (χ4v) is 5.86. The molecule has 5 heteroatoms. The van der Waals surface area contributed by atoms with Gasteiger partial charge in [0.25, 0.3) is 0 Å². The first-order chi connectivity index (χ1) is 21.6. The van der Waals surface area contributed by atoms with Crippen LogP contribution in [0.15, 0.2) is 0 Å². The summed E-state index contributed by atoms with van der Waals surface area (Å²) in [5.74, 6) is -0.694. The van der Waals surface area contributed by atoms with Crippen molar-refractivity contribution in [2.24, 2.45) is 0 Å². The minimum absolute atomic E-state index is 0.175. The smallest absolute Gasteiger partial charge is 0.306 e. The Bertz CT molecular complexity index is 620. The van der Waals surface area contributed by atoms with Gasteiger partial charge in [-0.3, -0.25) is 14.4 Å². The fourth-order valence-electron chi connectivity index (χ4n) is 5.86. The van der Waals surface area contributed by atoms with Gasteiger partial charge in [-0.2, -0.15) is 0 Å². The maximum atomic E-state index is 12.1. The summed E-state index contributed by atoms with van der Waals surface area (Å²) in [5, 5.41) is 0. The highest BCUT2D eigenvalue weighted by Gasteiger charge is 2.16. The van der Waals surface area contributed by atoms with Crippen molar-refractivity contribution < 1.29 is 23.9 Å². The van der Waals surface area contributed by atoms with Crippen LogP contribution in [0.4, 0.5) is 0 Å². The number of unbranched alkanes of at least 4 members (excludes halogenated alkanes) is 28. The number of hydrogen-bond donors (Lipinski definition) is 0. The first kappa shape index (κ1) is 42.6. The van der Waals surface area contributed by atoms with E-state index in [0.29, 0.717) is 19.1 Å². The second kappa shape index (κ2) is 36.1. The Balaban J connectivity index is 3.50. The van der Waals surface area contributed by atoms with Gasteiger partial charge < -0.3 is 9.47 Å². The molecule has 260 valence electrons. The summed E-state index contributed by atoms with van der Waals surface area (Å²) in [5.41, 5.74) is 0. The topological polar surface area (TPSA) is 69.7 Å². The summed E-state index contributed by atoms with van der Waals surface area (Å²) in [6.45, 7) is 4.36. The lowest BCUT2D eigenvalue weighted by molar-refractivity contribution is -0.160. The van der Waals surface area contributed by atoms with Crippen molar-refractivity contribution >= 4 is 18.2 Å². The highest BCUT2D eigenvalue weighted by Crippen LogP contribution is 2.15. The standard InChI is InChI=1S/C39H74O5/c1-3-5-7-9-11-13-15-17-19-21-23-25-27-29-31-33-38(41)43-36-37(35-40)44-39(42)34-32-30-28-26-24-22-20-18-16-14-12-10-8-6-4-2/h35,37H,3-34,36H2,1-2H3. The highest BCUT2D eigenvalue weighted by molar-refractivity contribution is 5.73. The molecular formula is C39H74O5. The zero-order valence-corrected chi connectivity index (χ0v) is 29.5. The second-order valence-corrected chi connectivity index (χ2v) is 13.2. The molecule has 1 atom stereocenters. The van der Waals surface area contributed by atoms with E-state index in [1.54, 1.807) is 0 Å². The lowest BCUT2D eigenvalue weighted by Crippen LogP contribution is -2.26. The lowest BCUT2D eigenvalue weighted by atomic mass is 10.0. The van der Waals surface area contributed by atoms with Gasteiger partial charge in [-0.1, -0.05) is 194 Å². The van der Waals surface area contributed by atoms with Crippen molar-refractivity contribution in [3.63, 3.8) is 0 Å². The van der Waals surface area contributed by atoms with Gasteiger partial charge in [0.1, 0.15) is 6.61 Å². The number of rotatable bonds is 36. The molecule has 0 saturated heterocycles. The predicted octanol–water partition coefficient (Wildman–Crippen LogP) is 12.2. The van der Waals surface area contributed by atoms with Crippen LogP contribution in [0.3, 0.4) is 0 Å². The molecule has 0 aliphatic carbocycles. The van der Waals surface area contributed by atoms with Gasteiger partial charge in [0.15, 0.2) is 12.4 Å². The largest absolute Gasteiger partial charge is 0.461 e. The van der Waals surface area contributed by atoms with Crippen LogP contribution in [0.1, 0.15) is 219 Å². The molecule has 0 fully saturated rings. The minimum Gasteiger partial charge on any atom is -0.461 e. The van der Waals surface area contributed by atoms with E-state index in [1.165, 1.54) is 154 Å². The third kappa shape index (κ3) is 33.5. The molecule has 0 aromatic heterocycles. The van der Waals surface area contributed by atoms with Crippen LogP contribution in [0, 0.1) is 0 Å². The van der Waals surface area contributed by atoms with Crippen LogP contribution >= 0.6 is 0 Å². The molecule has 0 amide bonds. The summed E-state index contributed by atoms with van der Waals surface area (Å²) >= 11 is 0. The zero-order chi connectivity index (χ0) is 32.2. The number of ether oxygens (including phenoxy) is 2. The molecule has 0 N–H and O–H groups in total. The van der Waals surface area contributed by atoms with E-state index in [2.05, 4.69) is 13.8 Å². The van der Waals surface area contributed by atoms with Crippen molar-refractivity contribution in [1.82, 2.24) is 0 Å². The van der Waals surface area contributed by atoms with Gasteiger partial charge in [-0.15, -0.1) is 0 Å². The first-order valence-corrected chi connectivity index (χ1v) is 19.4. The molecule has 0 aliphatic rings. The quantitative estimate of drug-likeness (QED) is 0.0395. The Kier molecular flexibility index (Phi) is 34.9. The summed E-state index contributed by atoms with van der Waals surface area (Å²) in [6, 6.07) is 0. The van der Waals surface area contributed by atoms with Gasteiger partial charge in [0.2, 0.25) is 0 Å². The zero-order valence-electron chi connectivity index (χ0n) is 29.5. The van der Waals surface area contributed by atoms with Crippen molar-refractivity contribution in [1.29, 1.82) is 0 Å². The number of aldehydes is 1. The molecule has 0 aromatic rings. The van der Waals surface area contributed by atoms with Gasteiger partial charge in [-0.25, -0.2) is 0 Å². The van der Waals surface area contributed by atoms with Crippen LogP contribution in [0.2, 0.25) is 0 Å². The van der Waals surface area contributed by atoms with Gasteiger partial charge in [-0.05, 0) is 12.8 Å². The van der Waals surface area contributed by atoms with Gasteiger partial charge in [0.05, 0.1) is 0 Å². The Morgan fingerprint density at radius 2 is 0.705 bits per heavy atom. The van der Waals surface area contributed by atoms with E-state index in [0.717, 1.165) is 38.5 Å². The third-order valence-corrected chi connectivity index (χ3v) is 8.81. The fraction of sp³-hybridized carbons (Fsp3) is 0.923. The monoisotopic (exact) mass is 623 g/mol.